The smallest absolute Gasteiger partial charge is 0.414 e. The van der Waals surface area contributed by atoms with Crippen LogP contribution in [0.25, 0.3) is 0 Å². The molecule has 8 heteroatoms. The monoisotopic (exact) mass is 447 g/mol. The fourth-order valence-electron chi connectivity index (χ4n) is 4.15. The van der Waals surface area contributed by atoms with Gasteiger partial charge in [0.05, 0.1) is 0 Å². The second-order valence-corrected chi connectivity index (χ2v) is 8.82. The molecule has 0 aromatic heterocycles. The van der Waals surface area contributed by atoms with E-state index in [1.807, 2.05) is 0 Å². The van der Waals surface area contributed by atoms with E-state index < -0.39 is 11.9 Å². The number of piperazine rings is 1. The van der Waals surface area contributed by atoms with Crippen LogP contribution in [0.1, 0.15) is 50.7 Å². The molecule has 0 unspecified atom stereocenters. The average molecular weight is 448 g/mol. The number of likely N-dealkylation sites (N-methyl/N-ethyl adjacent to an activating group) is 1. The number of rotatable bonds is 5. The molecule has 3 rings (SSSR count). The van der Waals surface area contributed by atoms with Crippen molar-refractivity contribution in [3.8, 4) is 0 Å². The number of amides is 1. The van der Waals surface area contributed by atoms with Crippen molar-refractivity contribution in [3.05, 3.63) is 35.4 Å². The number of hydrogen-bond acceptors (Lipinski definition) is 5. The molecule has 2 saturated heterocycles. The fourth-order valence-corrected chi connectivity index (χ4v) is 4.15. The summed E-state index contributed by atoms with van der Waals surface area (Å²) in [6.07, 6.45) is 2.02. The third-order valence-electron chi connectivity index (χ3n) is 6.30. The lowest BCUT2D eigenvalue weighted by Crippen LogP contribution is -2.51. The van der Waals surface area contributed by atoms with Gasteiger partial charge in [-0.05, 0) is 49.5 Å². The largest absolute Gasteiger partial charge is 0.473 e. The van der Waals surface area contributed by atoms with Gasteiger partial charge in [0.15, 0.2) is 0 Å². The Bertz CT molecular complexity index is 737. The number of carbonyl (C=O) groups excluding carboxylic acids is 1. The van der Waals surface area contributed by atoms with Crippen LogP contribution in [0, 0.1) is 5.92 Å². The second kappa shape index (κ2) is 12.6. The molecule has 1 amide bonds. The highest BCUT2D eigenvalue weighted by Crippen LogP contribution is 2.22. The molecule has 2 aliphatic rings. The number of likely N-dealkylation sites (tertiary alicyclic amines) is 1. The molecule has 2 fully saturated rings. The summed E-state index contributed by atoms with van der Waals surface area (Å²) in [7, 11) is 0. The Morgan fingerprint density at radius 1 is 0.875 bits per heavy atom. The number of piperidine rings is 1. The minimum Gasteiger partial charge on any atom is -0.473 e. The normalized spacial score (nSPS) is 18.2. The highest BCUT2D eigenvalue weighted by atomic mass is 16.4. The molecule has 32 heavy (non-hydrogen) atoms. The summed E-state index contributed by atoms with van der Waals surface area (Å²) in [5.41, 5.74) is 2.79. The maximum absolute atomic E-state index is 12.8. The summed E-state index contributed by atoms with van der Waals surface area (Å²) in [4.78, 5) is 38.0. The third kappa shape index (κ3) is 7.91. The van der Waals surface area contributed by atoms with Gasteiger partial charge in [-0.2, -0.15) is 0 Å². The quantitative estimate of drug-likeness (QED) is 0.668. The Labute approximate surface area is 190 Å². The Balaban J connectivity index is 0.000000534. The number of aliphatic carboxylic acids is 2. The Hall–Kier alpha value is -2.45. The van der Waals surface area contributed by atoms with Crippen LogP contribution in [0.15, 0.2) is 24.3 Å². The lowest BCUT2D eigenvalue weighted by atomic mass is 9.94. The summed E-state index contributed by atoms with van der Waals surface area (Å²) in [6, 6.07) is 9.04. The van der Waals surface area contributed by atoms with E-state index in [-0.39, 0.29) is 5.92 Å². The van der Waals surface area contributed by atoms with Crippen LogP contribution in [0.5, 0.6) is 0 Å². The zero-order valence-electron chi connectivity index (χ0n) is 19.5. The zero-order chi connectivity index (χ0) is 23.7. The van der Waals surface area contributed by atoms with Crippen LogP contribution in [0.3, 0.4) is 0 Å². The molecule has 2 aliphatic heterocycles. The molecule has 0 spiro atoms. The van der Waals surface area contributed by atoms with E-state index in [4.69, 9.17) is 19.8 Å². The van der Waals surface area contributed by atoms with Gasteiger partial charge in [-0.15, -0.1) is 0 Å². The molecular formula is C24H37N3O5. The summed E-state index contributed by atoms with van der Waals surface area (Å²) >= 11 is 0. The van der Waals surface area contributed by atoms with Crippen LogP contribution < -0.4 is 0 Å². The number of carboxylic acid groups (broad SMARTS) is 2. The van der Waals surface area contributed by atoms with Gasteiger partial charge in [0.1, 0.15) is 0 Å². The first kappa shape index (κ1) is 25.8. The molecule has 0 atom stereocenters. The van der Waals surface area contributed by atoms with Crippen molar-refractivity contribution in [3.63, 3.8) is 0 Å². The van der Waals surface area contributed by atoms with Gasteiger partial charge in [-0.25, -0.2) is 9.59 Å². The van der Waals surface area contributed by atoms with Crippen molar-refractivity contribution < 1.29 is 24.6 Å². The molecule has 0 radical (unpaired) electrons. The van der Waals surface area contributed by atoms with Gasteiger partial charge >= 0.3 is 11.9 Å². The third-order valence-corrected chi connectivity index (χ3v) is 6.30. The number of hydrogen-bond donors (Lipinski definition) is 2. The van der Waals surface area contributed by atoms with E-state index in [2.05, 4.69) is 59.7 Å². The highest BCUT2D eigenvalue weighted by Gasteiger charge is 2.30. The molecule has 0 saturated carbocycles. The van der Waals surface area contributed by atoms with Gasteiger partial charge in [-0.3, -0.25) is 9.69 Å². The predicted octanol–water partition coefficient (Wildman–Crippen LogP) is 2.34. The van der Waals surface area contributed by atoms with E-state index >= 15 is 0 Å². The molecule has 2 heterocycles. The molecule has 178 valence electrons. The van der Waals surface area contributed by atoms with Crippen molar-refractivity contribution in [2.45, 2.75) is 46.1 Å². The van der Waals surface area contributed by atoms with Crippen LogP contribution in [-0.4, -0.2) is 88.6 Å². The maximum atomic E-state index is 12.8. The van der Waals surface area contributed by atoms with Crippen molar-refractivity contribution >= 4 is 17.8 Å². The molecule has 0 aliphatic carbocycles. The first-order valence-electron chi connectivity index (χ1n) is 11.5. The average Bonchev–Trinajstić information content (AvgIpc) is 2.80. The van der Waals surface area contributed by atoms with E-state index in [0.29, 0.717) is 11.8 Å². The number of carbonyl (C=O) groups is 3. The number of nitrogens with zero attached hydrogens (tertiary/aromatic N) is 3. The minimum absolute atomic E-state index is 0.239. The summed E-state index contributed by atoms with van der Waals surface area (Å²) < 4.78 is 0. The van der Waals surface area contributed by atoms with Crippen molar-refractivity contribution in [1.29, 1.82) is 0 Å². The maximum Gasteiger partial charge on any atom is 0.414 e. The second-order valence-electron chi connectivity index (χ2n) is 8.82. The molecule has 1 aromatic rings. The number of benzene rings is 1. The van der Waals surface area contributed by atoms with Gasteiger partial charge in [0.25, 0.3) is 0 Å². The van der Waals surface area contributed by atoms with E-state index in [1.165, 1.54) is 11.1 Å². The summed E-state index contributed by atoms with van der Waals surface area (Å²) in [5, 5.41) is 14.8. The Morgan fingerprint density at radius 3 is 1.84 bits per heavy atom. The van der Waals surface area contributed by atoms with Crippen LogP contribution >= 0.6 is 0 Å². The molecule has 0 bridgehead atoms. The van der Waals surface area contributed by atoms with Crippen LogP contribution in [-0.2, 0) is 20.9 Å². The zero-order valence-corrected chi connectivity index (χ0v) is 19.5. The highest BCUT2D eigenvalue weighted by molar-refractivity contribution is 6.27. The number of carboxylic acids is 2. The lowest BCUT2D eigenvalue weighted by Gasteiger charge is -2.38. The van der Waals surface area contributed by atoms with Crippen LogP contribution in [0.4, 0.5) is 0 Å². The topological polar surface area (TPSA) is 101 Å². The van der Waals surface area contributed by atoms with Crippen molar-refractivity contribution in [2.24, 2.45) is 5.92 Å². The van der Waals surface area contributed by atoms with Gasteiger partial charge < -0.3 is 20.0 Å². The van der Waals surface area contributed by atoms with Crippen LogP contribution in [0.2, 0.25) is 0 Å². The van der Waals surface area contributed by atoms with E-state index in [0.717, 1.165) is 65.2 Å². The van der Waals surface area contributed by atoms with E-state index in [1.54, 1.807) is 0 Å². The van der Waals surface area contributed by atoms with Gasteiger partial charge in [-0.1, -0.05) is 45.0 Å². The Morgan fingerprint density at radius 2 is 1.41 bits per heavy atom. The lowest BCUT2D eigenvalue weighted by molar-refractivity contribution is -0.159. The first-order chi connectivity index (χ1) is 15.2. The first-order valence-corrected chi connectivity index (χ1v) is 11.5. The summed E-state index contributed by atoms with van der Waals surface area (Å²) in [6.45, 7) is 14.7. The SMILES string of the molecule is CCN1CCN(C(=O)C2CCN(Cc3ccc(C(C)C)cc3)CC2)CC1.O=C(O)C(=O)O. The van der Waals surface area contributed by atoms with E-state index in [9.17, 15) is 4.79 Å². The summed E-state index contributed by atoms with van der Waals surface area (Å²) in [5.74, 6) is -2.42. The van der Waals surface area contributed by atoms with Crippen molar-refractivity contribution in [1.82, 2.24) is 14.7 Å². The predicted molar refractivity (Wildman–Crippen MR) is 122 cm³/mol. The van der Waals surface area contributed by atoms with Gasteiger partial charge in [0.2, 0.25) is 5.91 Å². The molecule has 1 aromatic carbocycles. The molecular weight excluding hydrogens is 410 g/mol. The molecule has 8 nitrogen and oxygen atoms in total. The standard InChI is InChI=1S/C22H35N3O.C2H2O4/c1-4-23-13-15-25(16-14-23)22(26)21-9-11-24(12-10-21)17-19-5-7-20(8-6-19)18(2)3;3-1(4)2(5)6/h5-8,18,21H,4,9-17H2,1-3H3;(H,3,4)(H,5,6). The minimum atomic E-state index is -1.82. The Kier molecular flexibility index (Phi) is 10.1. The molecule has 2 N–H and O–H groups in total. The van der Waals surface area contributed by atoms with Crippen molar-refractivity contribution in [2.75, 3.05) is 45.8 Å². The fraction of sp³-hybridized carbons (Fsp3) is 0.625. The van der Waals surface area contributed by atoms with Gasteiger partial charge in [0, 0.05) is 38.6 Å².